The molecule has 4 aromatic rings. The van der Waals surface area contributed by atoms with Gasteiger partial charge in [-0.1, -0.05) is 0 Å². The molecule has 0 spiro atoms. The molecule has 0 radical (unpaired) electrons. The maximum Gasteiger partial charge on any atom is 0.257 e. The first-order chi connectivity index (χ1) is 17.6. The Labute approximate surface area is 212 Å². The molecule has 2 aromatic carbocycles. The molecular weight excluding hydrogens is 477 g/mol. The highest BCUT2D eigenvalue weighted by molar-refractivity contribution is 6.04. The Balaban J connectivity index is 1.40. The van der Waals surface area contributed by atoms with Crippen LogP contribution in [0.25, 0.3) is 0 Å². The lowest BCUT2D eigenvalue weighted by Crippen LogP contribution is -2.24. The summed E-state index contributed by atoms with van der Waals surface area (Å²) in [4.78, 5) is 25.6. The number of aryl methyl sites for hydroxylation is 2. The molecule has 2 aromatic heterocycles. The van der Waals surface area contributed by atoms with Gasteiger partial charge in [0.05, 0.1) is 17.7 Å². The van der Waals surface area contributed by atoms with Gasteiger partial charge >= 0.3 is 0 Å². The molecule has 5 rings (SSSR count). The van der Waals surface area contributed by atoms with Gasteiger partial charge in [0.2, 0.25) is 0 Å². The lowest BCUT2D eigenvalue weighted by atomic mass is 9.99. The van der Waals surface area contributed by atoms with Gasteiger partial charge in [-0.05, 0) is 44.2 Å². The standard InChI is InChI=1S/C27H26FN5O4/c1-27(2)15-20-23(11-16(12-24(20)37-27)26(35)29-25-8-10-33(4)31-25)36-18-5-6-19(21(28)14-18)22(34)13-17-7-9-32(3)30-17/h5-12,14H,13,15H2,1-4H3,(H,29,31,35). The fraction of sp³-hybridized carbons (Fsp3) is 0.259. The third-order valence-corrected chi connectivity index (χ3v) is 5.95. The van der Waals surface area contributed by atoms with Gasteiger partial charge in [0.15, 0.2) is 11.6 Å². The van der Waals surface area contributed by atoms with E-state index in [1.54, 1.807) is 60.1 Å². The molecule has 37 heavy (non-hydrogen) atoms. The highest BCUT2D eigenvalue weighted by atomic mass is 19.1. The van der Waals surface area contributed by atoms with Crippen LogP contribution in [-0.2, 0) is 26.9 Å². The van der Waals surface area contributed by atoms with Crippen LogP contribution in [0.2, 0.25) is 0 Å². The molecule has 3 heterocycles. The number of halogens is 1. The number of rotatable bonds is 7. The Morgan fingerprint density at radius 2 is 1.84 bits per heavy atom. The topological polar surface area (TPSA) is 100 Å². The Bertz CT molecular complexity index is 1520. The third kappa shape index (κ3) is 5.23. The zero-order valence-electron chi connectivity index (χ0n) is 20.9. The molecule has 1 amide bonds. The van der Waals surface area contributed by atoms with E-state index in [2.05, 4.69) is 15.5 Å². The summed E-state index contributed by atoms with van der Waals surface area (Å²) in [5.74, 6) is 0.0346. The molecule has 0 bridgehead atoms. The minimum absolute atomic E-state index is 0.00861. The molecule has 10 heteroatoms. The van der Waals surface area contributed by atoms with E-state index in [1.807, 2.05) is 13.8 Å². The van der Waals surface area contributed by atoms with Crippen LogP contribution in [0.1, 0.15) is 45.8 Å². The number of carbonyl (C=O) groups excluding carboxylic acids is 2. The Morgan fingerprint density at radius 3 is 2.51 bits per heavy atom. The normalized spacial score (nSPS) is 13.6. The number of amides is 1. The number of fused-ring (bicyclic) bond motifs is 1. The number of nitrogens with one attached hydrogen (secondary N) is 1. The number of benzene rings is 2. The van der Waals surface area contributed by atoms with Crippen LogP contribution < -0.4 is 14.8 Å². The second-order valence-corrected chi connectivity index (χ2v) is 9.64. The van der Waals surface area contributed by atoms with Crippen molar-refractivity contribution in [1.29, 1.82) is 0 Å². The van der Waals surface area contributed by atoms with E-state index in [0.717, 1.165) is 5.56 Å². The largest absolute Gasteiger partial charge is 0.487 e. The molecule has 0 unspecified atom stereocenters. The number of nitrogens with zero attached hydrogens (tertiary/aromatic N) is 4. The van der Waals surface area contributed by atoms with Crippen molar-refractivity contribution < 1.29 is 23.5 Å². The van der Waals surface area contributed by atoms with Crippen LogP contribution in [0.4, 0.5) is 10.2 Å². The number of ketones is 1. The molecule has 1 aliphatic rings. The number of carbonyl (C=O) groups is 2. The smallest absolute Gasteiger partial charge is 0.257 e. The fourth-order valence-corrected chi connectivity index (χ4v) is 4.27. The summed E-state index contributed by atoms with van der Waals surface area (Å²) in [5.41, 5.74) is 1.10. The first-order valence-electron chi connectivity index (χ1n) is 11.7. The number of hydrogen-bond donors (Lipinski definition) is 1. The first kappa shape index (κ1) is 24.2. The van der Waals surface area contributed by atoms with Crippen molar-refractivity contribution in [2.24, 2.45) is 14.1 Å². The SMILES string of the molecule is Cn1ccc(CC(=O)c2ccc(Oc3cc(C(=O)Nc4ccn(C)n4)cc4c3CC(C)(C)O4)cc2F)n1. The van der Waals surface area contributed by atoms with Gasteiger partial charge in [-0.25, -0.2) is 4.39 Å². The molecule has 1 aliphatic heterocycles. The number of anilines is 1. The summed E-state index contributed by atoms with van der Waals surface area (Å²) < 4.78 is 30.2. The van der Waals surface area contributed by atoms with Gasteiger partial charge in [-0.3, -0.25) is 19.0 Å². The summed E-state index contributed by atoms with van der Waals surface area (Å²) in [6.45, 7) is 3.87. The van der Waals surface area contributed by atoms with E-state index in [4.69, 9.17) is 9.47 Å². The molecule has 190 valence electrons. The quantitative estimate of drug-likeness (QED) is 0.374. The zero-order valence-corrected chi connectivity index (χ0v) is 20.9. The third-order valence-electron chi connectivity index (χ3n) is 5.95. The Hall–Kier alpha value is -4.47. The maximum atomic E-state index is 14.9. The number of aromatic nitrogens is 4. The van der Waals surface area contributed by atoms with E-state index in [1.165, 1.54) is 18.2 Å². The first-order valence-corrected chi connectivity index (χ1v) is 11.7. The Morgan fingerprint density at radius 1 is 1.08 bits per heavy atom. The maximum absolute atomic E-state index is 14.9. The van der Waals surface area contributed by atoms with E-state index < -0.39 is 11.4 Å². The van der Waals surface area contributed by atoms with E-state index in [0.29, 0.717) is 35.0 Å². The van der Waals surface area contributed by atoms with Gasteiger partial charge in [-0.15, -0.1) is 0 Å². The van der Waals surface area contributed by atoms with Crippen LogP contribution in [0.3, 0.4) is 0 Å². The van der Waals surface area contributed by atoms with Crippen LogP contribution >= 0.6 is 0 Å². The van der Waals surface area contributed by atoms with Crippen molar-refractivity contribution in [3.63, 3.8) is 0 Å². The number of Topliss-reactive ketones (excluding diaryl/α,β-unsaturated/α-hetero) is 1. The molecule has 0 saturated heterocycles. The summed E-state index contributed by atoms with van der Waals surface area (Å²) in [6.07, 6.45) is 3.98. The Kier molecular flexibility index (Phi) is 6.02. The minimum atomic E-state index is -0.698. The summed E-state index contributed by atoms with van der Waals surface area (Å²) in [6, 6.07) is 10.8. The van der Waals surface area contributed by atoms with Gasteiger partial charge in [0.25, 0.3) is 5.91 Å². The average molecular weight is 504 g/mol. The van der Waals surface area contributed by atoms with Crippen LogP contribution in [0, 0.1) is 5.82 Å². The number of hydrogen-bond acceptors (Lipinski definition) is 6. The molecule has 0 aliphatic carbocycles. The van der Waals surface area contributed by atoms with Crippen LogP contribution in [-0.4, -0.2) is 36.9 Å². The van der Waals surface area contributed by atoms with E-state index in [-0.39, 0.29) is 29.4 Å². The molecular formula is C27H26FN5O4. The summed E-state index contributed by atoms with van der Waals surface area (Å²) in [5, 5.41) is 11.1. The van der Waals surface area contributed by atoms with Crippen molar-refractivity contribution in [1.82, 2.24) is 19.6 Å². The fourth-order valence-electron chi connectivity index (χ4n) is 4.27. The summed E-state index contributed by atoms with van der Waals surface area (Å²) >= 11 is 0. The van der Waals surface area contributed by atoms with Crippen molar-refractivity contribution in [2.45, 2.75) is 32.3 Å². The van der Waals surface area contributed by atoms with Crippen molar-refractivity contribution in [3.8, 4) is 17.2 Å². The second kappa shape index (κ2) is 9.20. The molecule has 0 fully saturated rings. The van der Waals surface area contributed by atoms with Crippen LogP contribution in [0.5, 0.6) is 17.2 Å². The van der Waals surface area contributed by atoms with Gasteiger partial charge in [0.1, 0.15) is 28.7 Å². The van der Waals surface area contributed by atoms with Crippen molar-refractivity contribution in [2.75, 3.05) is 5.32 Å². The highest BCUT2D eigenvalue weighted by Gasteiger charge is 2.34. The van der Waals surface area contributed by atoms with E-state index in [9.17, 15) is 14.0 Å². The molecule has 0 saturated carbocycles. The minimum Gasteiger partial charge on any atom is -0.487 e. The lowest BCUT2D eigenvalue weighted by Gasteiger charge is -2.16. The molecule has 0 atom stereocenters. The van der Waals surface area contributed by atoms with Crippen molar-refractivity contribution >= 4 is 17.5 Å². The molecule has 9 nitrogen and oxygen atoms in total. The van der Waals surface area contributed by atoms with Crippen LogP contribution in [0.15, 0.2) is 54.9 Å². The van der Waals surface area contributed by atoms with Gasteiger partial charge in [0, 0.05) is 56.2 Å². The molecule has 1 N–H and O–H groups in total. The summed E-state index contributed by atoms with van der Waals surface area (Å²) in [7, 11) is 3.50. The predicted octanol–water partition coefficient (Wildman–Crippen LogP) is 4.48. The monoisotopic (exact) mass is 503 g/mol. The van der Waals surface area contributed by atoms with Gasteiger partial charge in [-0.2, -0.15) is 10.2 Å². The van der Waals surface area contributed by atoms with Crippen molar-refractivity contribution in [3.05, 3.63) is 83.1 Å². The highest BCUT2D eigenvalue weighted by Crippen LogP contribution is 2.43. The van der Waals surface area contributed by atoms with E-state index >= 15 is 0 Å². The number of ether oxygens (including phenoxy) is 2. The zero-order chi connectivity index (χ0) is 26.3. The second-order valence-electron chi connectivity index (χ2n) is 9.64. The van der Waals surface area contributed by atoms with Gasteiger partial charge < -0.3 is 14.8 Å². The predicted molar refractivity (Wildman–Crippen MR) is 134 cm³/mol. The average Bonchev–Trinajstić information content (AvgIpc) is 3.50. The lowest BCUT2D eigenvalue weighted by molar-refractivity contribution is 0.0986.